The van der Waals surface area contributed by atoms with Crippen molar-refractivity contribution in [1.29, 1.82) is 0 Å². The quantitative estimate of drug-likeness (QED) is 0.854. The zero-order valence-electron chi connectivity index (χ0n) is 16.6. The summed E-state index contributed by atoms with van der Waals surface area (Å²) in [6.45, 7) is 3.43. The van der Waals surface area contributed by atoms with Crippen LogP contribution < -0.4 is 5.32 Å². The first-order chi connectivity index (χ1) is 13.7. The number of fused-ring (bicyclic) bond motifs is 1. The van der Waals surface area contributed by atoms with E-state index in [0.717, 1.165) is 57.4 Å². The van der Waals surface area contributed by atoms with Crippen molar-refractivity contribution in [2.24, 2.45) is 11.8 Å². The van der Waals surface area contributed by atoms with Crippen LogP contribution in [-0.2, 0) is 11.2 Å². The molecule has 0 bridgehead atoms. The Balaban J connectivity index is 1.26. The predicted molar refractivity (Wildman–Crippen MR) is 110 cm³/mol. The number of H-pyrrole nitrogens is 1. The normalized spacial score (nSPS) is 20.7. The molecule has 6 heteroatoms. The van der Waals surface area contributed by atoms with Crippen LogP contribution in [0.4, 0.5) is 4.79 Å². The van der Waals surface area contributed by atoms with Gasteiger partial charge in [-0.05, 0) is 49.1 Å². The third kappa shape index (κ3) is 3.86. The van der Waals surface area contributed by atoms with E-state index in [1.165, 1.54) is 10.9 Å². The molecular weight excluding hydrogens is 352 g/mol. The topological polar surface area (TPSA) is 68.4 Å². The van der Waals surface area contributed by atoms with E-state index in [4.69, 9.17) is 0 Å². The Bertz CT molecular complexity index is 838. The molecule has 0 saturated carbocycles. The minimum absolute atomic E-state index is 0.0268. The molecule has 4 rings (SSSR count). The van der Waals surface area contributed by atoms with Crippen molar-refractivity contribution in [2.45, 2.75) is 32.1 Å². The summed E-state index contributed by atoms with van der Waals surface area (Å²) in [6, 6.07) is 8.28. The third-order valence-corrected chi connectivity index (χ3v) is 6.57. The van der Waals surface area contributed by atoms with Crippen LogP contribution in [0.5, 0.6) is 0 Å². The fourth-order valence-corrected chi connectivity index (χ4v) is 4.87. The Morgan fingerprint density at radius 3 is 2.57 bits per heavy atom. The van der Waals surface area contributed by atoms with Crippen molar-refractivity contribution in [1.82, 2.24) is 20.1 Å². The van der Waals surface area contributed by atoms with Crippen molar-refractivity contribution in [3.63, 3.8) is 0 Å². The minimum atomic E-state index is 0.0268. The van der Waals surface area contributed by atoms with Gasteiger partial charge in [-0.25, -0.2) is 4.79 Å². The molecule has 1 atom stereocenters. The van der Waals surface area contributed by atoms with Gasteiger partial charge in [-0.3, -0.25) is 4.79 Å². The number of nitrogens with zero attached hydrogens (tertiary/aromatic N) is 2. The predicted octanol–water partition coefficient (Wildman–Crippen LogP) is 3.00. The van der Waals surface area contributed by atoms with Crippen LogP contribution in [0.15, 0.2) is 30.5 Å². The highest BCUT2D eigenvalue weighted by molar-refractivity contribution is 5.84. The van der Waals surface area contributed by atoms with Crippen LogP contribution in [0.2, 0.25) is 0 Å². The van der Waals surface area contributed by atoms with Gasteiger partial charge in [0.1, 0.15) is 0 Å². The molecule has 150 valence electrons. The summed E-state index contributed by atoms with van der Waals surface area (Å²) in [7, 11) is 1.69. The number of benzene rings is 1. The number of carbonyl (C=O) groups excluding carboxylic acids is 2. The number of rotatable bonds is 4. The molecule has 1 aromatic heterocycles. The maximum atomic E-state index is 12.7. The third-order valence-electron chi connectivity index (χ3n) is 6.57. The largest absolute Gasteiger partial charge is 0.361 e. The lowest BCUT2D eigenvalue weighted by molar-refractivity contribution is -0.130. The molecule has 2 saturated heterocycles. The number of para-hydroxylation sites is 1. The van der Waals surface area contributed by atoms with Gasteiger partial charge in [0.25, 0.3) is 0 Å². The number of aromatic amines is 1. The first-order valence-corrected chi connectivity index (χ1v) is 10.4. The molecule has 1 unspecified atom stereocenters. The lowest BCUT2D eigenvalue weighted by Gasteiger charge is -2.34. The SMILES string of the molecule is CNC(=O)N1CCC(C2CCN(C(=O)CCc3c[nH]c4ccccc34)C2)CC1. The molecule has 3 amide bonds. The average Bonchev–Trinajstić information content (AvgIpc) is 3.39. The number of aryl methyl sites for hydroxylation is 1. The van der Waals surface area contributed by atoms with Gasteiger partial charge >= 0.3 is 6.03 Å². The fraction of sp³-hybridized carbons (Fsp3) is 0.545. The van der Waals surface area contributed by atoms with Gasteiger partial charge in [0.05, 0.1) is 0 Å². The van der Waals surface area contributed by atoms with Gasteiger partial charge in [-0.15, -0.1) is 0 Å². The zero-order chi connectivity index (χ0) is 19.5. The van der Waals surface area contributed by atoms with Crippen molar-refractivity contribution in [3.05, 3.63) is 36.0 Å². The molecule has 2 aliphatic heterocycles. The number of carbonyl (C=O) groups is 2. The van der Waals surface area contributed by atoms with E-state index >= 15 is 0 Å². The lowest BCUT2D eigenvalue weighted by atomic mass is 9.84. The van der Waals surface area contributed by atoms with E-state index in [2.05, 4.69) is 27.3 Å². The van der Waals surface area contributed by atoms with Crippen LogP contribution in [0.3, 0.4) is 0 Å². The fourth-order valence-electron chi connectivity index (χ4n) is 4.87. The number of piperidine rings is 1. The number of nitrogens with one attached hydrogen (secondary N) is 2. The summed E-state index contributed by atoms with van der Waals surface area (Å²) in [6.07, 6.45) is 6.59. The molecule has 1 aromatic carbocycles. The van der Waals surface area contributed by atoms with Crippen LogP contribution in [0.1, 0.15) is 31.2 Å². The Labute approximate surface area is 166 Å². The maximum absolute atomic E-state index is 12.7. The number of hydrogen-bond donors (Lipinski definition) is 2. The standard InChI is InChI=1S/C22H30N4O2/c1-23-22(28)25-11-8-16(9-12-25)18-10-13-26(15-18)21(27)7-6-17-14-24-20-5-3-2-4-19(17)20/h2-5,14,16,18,24H,6-13,15H2,1H3,(H,23,28). The van der Waals surface area contributed by atoms with Crippen LogP contribution >= 0.6 is 0 Å². The van der Waals surface area contributed by atoms with E-state index in [1.807, 2.05) is 23.2 Å². The summed E-state index contributed by atoms with van der Waals surface area (Å²) in [5.74, 6) is 1.49. The summed E-state index contributed by atoms with van der Waals surface area (Å²) in [5, 5.41) is 3.93. The van der Waals surface area contributed by atoms with Crippen LogP contribution in [0.25, 0.3) is 10.9 Å². The van der Waals surface area contributed by atoms with Crippen molar-refractivity contribution in [2.75, 3.05) is 33.2 Å². The molecule has 0 spiro atoms. The molecule has 0 aliphatic carbocycles. The lowest BCUT2D eigenvalue weighted by Crippen LogP contribution is -2.44. The number of amides is 3. The Kier molecular flexibility index (Phi) is 5.55. The molecule has 2 aromatic rings. The van der Waals surface area contributed by atoms with Crippen LogP contribution in [-0.4, -0.2) is 59.9 Å². The van der Waals surface area contributed by atoms with E-state index in [9.17, 15) is 9.59 Å². The number of likely N-dealkylation sites (tertiary alicyclic amines) is 2. The van der Waals surface area contributed by atoms with Gasteiger partial charge < -0.3 is 20.1 Å². The smallest absolute Gasteiger partial charge is 0.317 e. The molecule has 2 N–H and O–H groups in total. The van der Waals surface area contributed by atoms with Gasteiger partial charge in [0.15, 0.2) is 0 Å². The number of hydrogen-bond acceptors (Lipinski definition) is 2. The van der Waals surface area contributed by atoms with Crippen molar-refractivity contribution < 1.29 is 9.59 Å². The highest BCUT2D eigenvalue weighted by atomic mass is 16.2. The Hall–Kier alpha value is -2.50. The van der Waals surface area contributed by atoms with E-state index < -0.39 is 0 Å². The van der Waals surface area contributed by atoms with Gasteiger partial charge in [0.2, 0.25) is 5.91 Å². The number of aromatic nitrogens is 1. The minimum Gasteiger partial charge on any atom is -0.361 e. The Morgan fingerprint density at radius 2 is 1.79 bits per heavy atom. The second-order valence-electron chi connectivity index (χ2n) is 8.13. The molecule has 28 heavy (non-hydrogen) atoms. The van der Waals surface area contributed by atoms with E-state index in [1.54, 1.807) is 7.05 Å². The summed E-state index contributed by atoms with van der Waals surface area (Å²) in [4.78, 5) is 31.7. The molecule has 6 nitrogen and oxygen atoms in total. The highest BCUT2D eigenvalue weighted by Crippen LogP contribution is 2.32. The summed E-state index contributed by atoms with van der Waals surface area (Å²) < 4.78 is 0. The first kappa shape index (κ1) is 18.8. The molecular formula is C22H30N4O2. The maximum Gasteiger partial charge on any atom is 0.317 e. The monoisotopic (exact) mass is 382 g/mol. The molecule has 3 heterocycles. The van der Waals surface area contributed by atoms with Crippen molar-refractivity contribution >= 4 is 22.8 Å². The molecule has 0 radical (unpaired) electrons. The highest BCUT2D eigenvalue weighted by Gasteiger charge is 2.34. The second-order valence-corrected chi connectivity index (χ2v) is 8.13. The zero-order valence-corrected chi connectivity index (χ0v) is 16.6. The van der Waals surface area contributed by atoms with Gasteiger partial charge in [-0.2, -0.15) is 0 Å². The Morgan fingerprint density at radius 1 is 1.07 bits per heavy atom. The summed E-state index contributed by atoms with van der Waals surface area (Å²) >= 11 is 0. The molecule has 2 aliphatic rings. The summed E-state index contributed by atoms with van der Waals surface area (Å²) in [5.41, 5.74) is 2.36. The first-order valence-electron chi connectivity index (χ1n) is 10.4. The average molecular weight is 383 g/mol. The van der Waals surface area contributed by atoms with E-state index in [0.29, 0.717) is 18.3 Å². The van der Waals surface area contributed by atoms with Crippen LogP contribution in [0, 0.1) is 11.8 Å². The van der Waals surface area contributed by atoms with Gasteiger partial charge in [0, 0.05) is 56.7 Å². The molecule has 2 fully saturated rings. The van der Waals surface area contributed by atoms with Crippen molar-refractivity contribution in [3.8, 4) is 0 Å². The number of urea groups is 1. The second kappa shape index (κ2) is 8.25. The van der Waals surface area contributed by atoms with E-state index in [-0.39, 0.29) is 11.9 Å². The van der Waals surface area contributed by atoms with Gasteiger partial charge in [-0.1, -0.05) is 18.2 Å².